The lowest BCUT2D eigenvalue weighted by Crippen LogP contribution is -2.51. The standard InChI is InChI=1S/C23H25ClN4O6S2/c1-23(2)16-12-14(36(32,33)34)8-9-17(16)28(11-5-10-25-19(29)13-24)18(23)7-4-3-6-15-20(30)26-22(35)27-21(15)31/h3-4,6-9,12H,5,10-11,13H2,1-2H3,(H,25,29)(H,32,33,34)(H2,26,27,30,31,35)/b4-3+,18-7+. The van der Waals surface area contributed by atoms with Crippen molar-refractivity contribution >= 4 is 62.5 Å². The smallest absolute Gasteiger partial charge is 0.294 e. The van der Waals surface area contributed by atoms with Crippen molar-refractivity contribution in [2.75, 3.05) is 23.9 Å². The summed E-state index contributed by atoms with van der Waals surface area (Å²) >= 11 is 10.3. The van der Waals surface area contributed by atoms with Crippen LogP contribution in [0.4, 0.5) is 5.69 Å². The molecular weight excluding hydrogens is 528 g/mol. The molecule has 1 saturated heterocycles. The summed E-state index contributed by atoms with van der Waals surface area (Å²) in [5, 5.41) is 7.37. The van der Waals surface area contributed by atoms with Gasteiger partial charge in [-0.25, -0.2) is 0 Å². The highest BCUT2D eigenvalue weighted by atomic mass is 35.5. The Bertz CT molecular complexity index is 1300. The van der Waals surface area contributed by atoms with Crippen molar-refractivity contribution < 1.29 is 27.4 Å². The largest absolute Gasteiger partial charge is 0.355 e. The average molecular weight is 553 g/mol. The Morgan fingerprint density at radius 3 is 2.44 bits per heavy atom. The summed E-state index contributed by atoms with van der Waals surface area (Å²) in [6, 6.07) is 4.41. The molecule has 192 valence electrons. The molecule has 1 fully saturated rings. The highest BCUT2D eigenvalue weighted by molar-refractivity contribution is 7.85. The molecule has 2 aliphatic heterocycles. The van der Waals surface area contributed by atoms with Crippen molar-refractivity contribution in [3.63, 3.8) is 0 Å². The molecule has 3 rings (SSSR count). The number of anilines is 1. The van der Waals surface area contributed by atoms with Gasteiger partial charge in [0.2, 0.25) is 5.91 Å². The second kappa shape index (κ2) is 10.9. The van der Waals surface area contributed by atoms with Crippen LogP contribution in [0.3, 0.4) is 0 Å². The summed E-state index contributed by atoms with van der Waals surface area (Å²) < 4.78 is 33.0. The zero-order valence-corrected chi connectivity index (χ0v) is 21.9. The molecule has 0 aromatic heterocycles. The van der Waals surface area contributed by atoms with E-state index in [1.54, 1.807) is 18.2 Å². The Kier molecular flexibility index (Phi) is 8.34. The van der Waals surface area contributed by atoms with Crippen LogP contribution < -0.4 is 20.9 Å². The summed E-state index contributed by atoms with van der Waals surface area (Å²) in [5.41, 5.74) is 1.51. The van der Waals surface area contributed by atoms with Crippen LogP contribution >= 0.6 is 23.8 Å². The van der Waals surface area contributed by atoms with Gasteiger partial charge in [0.25, 0.3) is 21.9 Å². The number of benzene rings is 1. The third-order valence-electron chi connectivity index (χ3n) is 5.73. The van der Waals surface area contributed by atoms with E-state index in [2.05, 4.69) is 16.0 Å². The summed E-state index contributed by atoms with van der Waals surface area (Å²) in [6.07, 6.45) is 6.93. The summed E-state index contributed by atoms with van der Waals surface area (Å²) in [5.74, 6) is -1.62. The van der Waals surface area contributed by atoms with E-state index < -0.39 is 27.3 Å². The Morgan fingerprint density at radius 2 is 1.83 bits per heavy atom. The minimum absolute atomic E-state index is 0.0548. The quantitative estimate of drug-likeness (QED) is 0.0951. The van der Waals surface area contributed by atoms with Crippen molar-refractivity contribution in [1.29, 1.82) is 0 Å². The molecule has 1 aromatic rings. The highest BCUT2D eigenvalue weighted by Gasteiger charge is 2.40. The molecule has 3 amide bonds. The Labute approximate surface area is 219 Å². The van der Waals surface area contributed by atoms with E-state index in [0.29, 0.717) is 25.1 Å². The van der Waals surface area contributed by atoms with Gasteiger partial charge in [-0.1, -0.05) is 26.0 Å². The molecule has 4 N–H and O–H groups in total. The first-order valence-corrected chi connectivity index (χ1v) is 13.2. The van der Waals surface area contributed by atoms with Gasteiger partial charge in [-0.3, -0.25) is 29.6 Å². The predicted molar refractivity (Wildman–Crippen MR) is 139 cm³/mol. The molecule has 36 heavy (non-hydrogen) atoms. The van der Waals surface area contributed by atoms with Crippen LogP contribution in [0, 0.1) is 0 Å². The summed E-state index contributed by atoms with van der Waals surface area (Å²) in [7, 11) is -4.40. The molecule has 1 aromatic carbocycles. The van der Waals surface area contributed by atoms with E-state index >= 15 is 0 Å². The maximum absolute atomic E-state index is 12.0. The van der Waals surface area contributed by atoms with Gasteiger partial charge in [-0.15, -0.1) is 11.6 Å². The fraction of sp³-hybridized carbons (Fsp3) is 0.304. The number of nitrogens with zero attached hydrogens (tertiary/aromatic N) is 1. The van der Waals surface area contributed by atoms with Gasteiger partial charge in [0.1, 0.15) is 11.5 Å². The van der Waals surface area contributed by atoms with Crippen LogP contribution in [0.15, 0.2) is 58.7 Å². The van der Waals surface area contributed by atoms with E-state index in [1.807, 2.05) is 18.7 Å². The lowest BCUT2D eigenvalue weighted by atomic mass is 9.83. The average Bonchev–Trinajstić information content (AvgIpc) is 3.00. The SMILES string of the molecule is CC1(C)/C(=C\C=C\C=C2C(=O)NC(=S)NC2=O)N(CCCNC(=O)CCl)c2ccc(S(=O)(=O)O)cc21. The lowest BCUT2D eigenvalue weighted by Gasteiger charge is -2.27. The van der Waals surface area contributed by atoms with Crippen LogP contribution in [0.2, 0.25) is 0 Å². The number of thiocarbonyl (C=S) groups is 1. The van der Waals surface area contributed by atoms with E-state index in [1.165, 1.54) is 24.3 Å². The first-order chi connectivity index (χ1) is 16.9. The number of amides is 3. The molecule has 0 unspecified atom stereocenters. The zero-order valence-electron chi connectivity index (χ0n) is 19.5. The fourth-order valence-corrected chi connectivity index (χ4v) is 4.78. The number of nitrogens with one attached hydrogen (secondary N) is 3. The second-order valence-corrected chi connectivity index (χ2v) is 10.6. The first-order valence-electron chi connectivity index (χ1n) is 10.8. The molecule has 0 aliphatic carbocycles. The molecule has 13 heteroatoms. The third-order valence-corrected chi connectivity index (χ3v) is 7.03. The van der Waals surface area contributed by atoms with Crippen molar-refractivity contribution in [3.05, 3.63) is 59.3 Å². The van der Waals surface area contributed by atoms with Gasteiger partial charge in [0, 0.05) is 29.9 Å². The predicted octanol–water partition coefficient (Wildman–Crippen LogP) is 1.67. The normalized spacial score (nSPS) is 18.3. The molecule has 0 atom stereocenters. The summed E-state index contributed by atoms with van der Waals surface area (Å²) in [6.45, 7) is 4.71. The van der Waals surface area contributed by atoms with Crippen LogP contribution in [0.25, 0.3) is 0 Å². The number of rotatable bonds is 8. The number of hydrogen-bond donors (Lipinski definition) is 4. The maximum Gasteiger partial charge on any atom is 0.294 e. The number of fused-ring (bicyclic) bond motifs is 1. The van der Waals surface area contributed by atoms with Crippen molar-refractivity contribution in [2.45, 2.75) is 30.6 Å². The minimum atomic E-state index is -4.40. The Hall–Kier alpha value is -3.06. The van der Waals surface area contributed by atoms with Crippen molar-refractivity contribution in [2.24, 2.45) is 0 Å². The number of carbonyl (C=O) groups is 3. The van der Waals surface area contributed by atoms with Crippen molar-refractivity contribution in [3.8, 4) is 0 Å². The Balaban J connectivity index is 1.93. The highest BCUT2D eigenvalue weighted by Crippen LogP contribution is 2.48. The number of halogens is 1. The van der Waals surface area contributed by atoms with Gasteiger partial charge >= 0.3 is 0 Å². The lowest BCUT2D eigenvalue weighted by molar-refractivity contribution is -0.123. The molecule has 2 aliphatic rings. The topological polar surface area (TPSA) is 145 Å². The molecule has 2 heterocycles. The number of allylic oxidation sites excluding steroid dienone is 5. The molecule has 0 saturated carbocycles. The van der Waals surface area contributed by atoms with E-state index in [4.69, 9.17) is 23.8 Å². The third kappa shape index (κ3) is 6.01. The van der Waals surface area contributed by atoms with Gasteiger partial charge in [-0.2, -0.15) is 8.42 Å². The minimum Gasteiger partial charge on any atom is -0.355 e. The van der Waals surface area contributed by atoms with Crippen LogP contribution in [0.5, 0.6) is 0 Å². The van der Waals surface area contributed by atoms with Gasteiger partial charge < -0.3 is 10.2 Å². The van der Waals surface area contributed by atoms with Crippen molar-refractivity contribution in [1.82, 2.24) is 16.0 Å². The fourth-order valence-electron chi connectivity index (χ4n) is 3.99. The molecule has 0 bridgehead atoms. The van der Waals surface area contributed by atoms with Gasteiger partial charge in [0.15, 0.2) is 5.11 Å². The maximum atomic E-state index is 12.0. The first kappa shape index (κ1) is 27.5. The number of alkyl halides is 1. The molecular formula is C23H25ClN4O6S2. The Morgan fingerprint density at radius 1 is 1.19 bits per heavy atom. The molecule has 10 nitrogen and oxygen atoms in total. The van der Waals surface area contributed by atoms with Gasteiger partial charge in [0.05, 0.1) is 4.90 Å². The number of carbonyl (C=O) groups excluding carboxylic acids is 3. The van der Waals surface area contributed by atoms with Gasteiger partial charge in [-0.05, 0) is 54.6 Å². The zero-order chi connectivity index (χ0) is 26.7. The van der Waals surface area contributed by atoms with Crippen LogP contribution in [-0.2, 0) is 29.9 Å². The number of hydrogen-bond acceptors (Lipinski definition) is 7. The second-order valence-electron chi connectivity index (χ2n) is 8.52. The van der Waals surface area contributed by atoms with E-state index in [-0.39, 0.29) is 27.4 Å². The van der Waals surface area contributed by atoms with Crippen LogP contribution in [-0.4, -0.2) is 54.8 Å². The van der Waals surface area contributed by atoms with Crippen LogP contribution in [0.1, 0.15) is 25.8 Å². The summed E-state index contributed by atoms with van der Waals surface area (Å²) in [4.78, 5) is 37.2. The molecule has 0 spiro atoms. The van der Waals surface area contributed by atoms with E-state index in [9.17, 15) is 27.4 Å². The molecule has 0 radical (unpaired) electrons. The monoisotopic (exact) mass is 552 g/mol. The van der Waals surface area contributed by atoms with E-state index in [0.717, 1.165) is 11.4 Å².